The summed E-state index contributed by atoms with van der Waals surface area (Å²) in [6.45, 7) is -0.117. The lowest BCUT2D eigenvalue weighted by Gasteiger charge is -2.17. The predicted molar refractivity (Wildman–Crippen MR) is 111 cm³/mol. The molecule has 1 aromatic heterocycles. The maximum absolute atomic E-state index is 12.4. The zero-order chi connectivity index (χ0) is 21.7. The Labute approximate surface area is 172 Å². The van der Waals surface area contributed by atoms with E-state index in [2.05, 4.69) is 15.3 Å². The Morgan fingerprint density at radius 2 is 1.77 bits per heavy atom. The highest BCUT2D eigenvalue weighted by Gasteiger charge is 2.15. The molecule has 2 amide bonds. The summed E-state index contributed by atoms with van der Waals surface area (Å²) in [6.07, 6.45) is 0. The van der Waals surface area contributed by atoms with Gasteiger partial charge in [0.1, 0.15) is 17.3 Å². The summed E-state index contributed by atoms with van der Waals surface area (Å²) in [7, 11) is 4.54. The fraction of sp³-hybridized carbons (Fsp3) is 0.238. The summed E-state index contributed by atoms with van der Waals surface area (Å²) in [6, 6.07) is 11.7. The number of ether oxygens (including phenoxy) is 2. The van der Waals surface area contributed by atoms with Gasteiger partial charge < -0.3 is 24.7 Å². The number of aromatic nitrogens is 2. The van der Waals surface area contributed by atoms with E-state index >= 15 is 0 Å². The van der Waals surface area contributed by atoms with Crippen LogP contribution in [0, 0.1) is 0 Å². The first-order valence-corrected chi connectivity index (χ1v) is 9.14. The molecule has 2 aromatic carbocycles. The molecule has 9 heteroatoms. The number of benzene rings is 2. The Morgan fingerprint density at radius 3 is 2.43 bits per heavy atom. The minimum absolute atomic E-state index is 0.0990. The fourth-order valence-corrected chi connectivity index (χ4v) is 2.85. The molecular formula is C21H22N4O5. The number of rotatable bonds is 7. The highest BCUT2D eigenvalue weighted by atomic mass is 16.5. The van der Waals surface area contributed by atoms with Crippen LogP contribution in [-0.2, 0) is 11.3 Å². The maximum atomic E-state index is 12.4. The van der Waals surface area contributed by atoms with Crippen LogP contribution in [0.15, 0.2) is 47.3 Å². The molecule has 0 fully saturated rings. The number of amides is 2. The number of nitrogens with zero attached hydrogens (tertiary/aromatic N) is 2. The van der Waals surface area contributed by atoms with Crippen LogP contribution in [0.2, 0.25) is 0 Å². The van der Waals surface area contributed by atoms with E-state index in [0.29, 0.717) is 33.8 Å². The van der Waals surface area contributed by atoms with Gasteiger partial charge in [-0.15, -0.1) is 0 Å². The predicted octanol–water partition coefficient (Wildman–Crippen LogP) is 1.33. The van der Waals surface area contributed by atoms with Crippen LogP contribution < -0.4 is 20.3 Å². The van der Waals surface area contributed by atoms with Crippen LogP contribution in [0.5, 0.6) is 11.5 Å². The average molecular weight is 410 g/mol. The first kappa shape index (κ1) is 20.8. The van der Waals surface area contributed by atoms with Gasteiger partial charge in [0.05, 0.1) is 38.2 Å². The van der Waals surface area contributed by atoms with E-state index in [4.69, 9.17) is 9.47 Å². The second kappa shape index (κ2) is 9.08. The number of hydrogen-bond donors (Lipinski definition) is 2. The average Bonchev–Trinajstić information content (AvgIpc) is 2.76. The topological polar surface area (TPSA) is 114 Å². The second-order valence-corrected chi connectivity index (χ2v) is 6.56. The van der Waals surface area contributed by atoms with Crippen LogP contribution in [0.1, 0.15) is 16.2 Å². The van der Waals surface area contributed by atoms with E-state index in [1.54, 1.807) is 49.5 Å². The Hall–Kier alpha value is -3.88. The molecule has 0 saturated carbocycles. The van der Waals surface area contributed by atoms with Crippen molar-refractivity contribution in [3.8, 4) is 11.5 Å². The van der Waals surface area contributed by atoms with E-state index in [1.165, 1.54) is 19.1 Å². The van der Waals surface area contributed by atoms with Crippen molar-refractivity contribution in [2.75, 3.05) is 27.8 Å². The van der Waals surface area contributed by atoms with Crippen molar-refractivity contribution in [1.82, 2.24) is 20.2 Å². The second-order valence-electron chi connectivity index (χ2n) is 6.56. The molecule has 0 saturated heterocycles. The van der Waals surface area contributed by atoms with Gasteiger partial charge >= 0.3 is 0 Å². The fourth-order valence-electron chi connectivity index (χ4n) is 2.85. The maximum Gasteiger partial charge on any atom is 0.258 e. The molecule has 0 aliphatic carbocycles. The zero-order valence-corrected chi connectivity index (χ0v) is 16.9. The highest BCUT2D eigenvalue weighted by Crippen LogP contribution is 2.22. The van der Waals surface area contributed by atoms with Crippen LogP contribution in [0.4, 0.5) is 0 Å². The van der Waals surface area contributed by atoms with Crippen LogP contribution >= 0.6 is 0 Å². The summed E-state index contributed by atoms with van der Waals surface area (Å²) in [5.74, 6) is 0.516. The lowest BCUT2D eigenvalue weighted by molar-refractivity contribution is -0.129. The van der Waals surface area contributed by atoms with E-state index in [1.807, 2.05) is 0 Å². The molecule has 0 aliphatic rings. The first-order valence-electron chi connectivity index (χ1n) is 9.14. The number of fused-ring (bicyclic) bond motifs is 1. The van der Waals surface area contributed by atoms with Crippen molar-refractivity contribution in [1.29, 1.82) is 0 Å². The number of carbonyl (C=O) groups is 2. The molecule has 9 nitrogen and oxygen atoms in total. The van der Waals surface area contributed by atoms with E-state index in [-0.39, 0.29) is 24.6 Å². The summed E-state index contributed by atoms with van der Waals surface area (Å²) in [5, 5.41) is 3.06. The molecule has 0 spiro atoms. The molecule has 0 radical (unpaired) electrons. The molecule has 0 atom stereocenters. The van der Waals surface area contributed by atoms with Gasteiger partial charge in [0.15, 0.2) is 0 Å². The third-order valence-corrected chi connectivity index (χ3v) is 4.49. The molecular weight excluding hydrogens is 388 g/mol. The van der Waals surface area contributed by atoms with Gasteiger partial charge in [0.2, 0.25) is 5.91 Å². The normalized spacial score (nSPS) is 10.5. The number of nitrogens with one attached hydrogen (secondary N) is 2. The molecule has 0 bridgehead atoms. The Balaban J connectivity index is 1.63. The molecule has 0 aliphatic heterocycles. The number of carbonyl (C=O) groups excluding carboxylic acids is 2. The molecule has 156 valence electrons. The lowest BCUT2D eigenvalue weighted by atomic mass is 10.2. The summed E-state index contributed by atoms with van der Waals surface area (Å²) in [4.78, 5) is 45.4. The number of methoxy groups -OCH3 is 2. The molecule has 1 heterocycles. The summed E-state index contributed by atoms with van der Waals surface area (Å²) in [5.41, 5.74) is 0.594. The number of likely N-dealkylation sites (N-methyl/N-ethyl adjacent to an activating group) is 1. The van der Waals surface area contributed by atoms with Gasteiger partial charge in [0, 0.05) is 18.7 Å². The molecule has 2 N–H and O–H groups in total. The van der Waals surface area contributed by atoms with Crippen molar-refractivity contribution in [2.45, 2.75) is 6.54 Å². The SMILES string of the molecule is COc1cc(OC)cc(C(=O)NCC(=O)N(C)Cc2nc3ccccc3c(=O)[nH]2)c1. The summed E-state index contributed by atoms with van der Waals surface area (Å²) < 4.78 is 10.3. The largest absolute Gasteiger partial charge is 0.497 e. The van der Waals surface area contributed by atoms with Crippen LogP contribution in [0.25, 0.3) is 10.9 Å². The van der Waals surface area contributed by atoms with Crippen molar-refractivity contribution in [2.24, 2.45) is 0 Å². The number of H-pyrrole nitrogens is 1. The Morgan fingerprint density at radius 1 is 1.10 bits per heavy atom. The van der Waals surface area contributed by atoms with Crippen molar-refractivity contribution in [3.05, 3.63) is 64.2 Å². The van der Waals surface area contributed by atoms with Crippen molar-refractivity contribution >= 4 is 22.7 Å². The third kappa shape index (κ3) is 4.75. The molecule has 3 rings (SSSR count). The Bertz CT molecular complexity index is 1120. The van der Waals surface area contributed by atoms with Gasteiger partial charge in [-0.3, -0.25) is 14.4 Å². The van der Waals surface area contributed by atoms with Crippen molar-refractivity contribution in [3.63, 3.8) is 0 Å². The van der Waals surface area contributed by atoms with Gasteiger partial charge in [0.25, 0.3) is 11.5 Å². The first-order chi connectivity index (χ1) is 14.4. The van der Waals surface area contributed by atoms with Gasteiger partial charge in [-0.2, -0.15) is 0 Å². The number of aromatic amines is 1. The monoisotopic (exact) mass is 410 g/mol. The van der Waals surface area contributed by atoms with Gasteiger partial charge in [-0.05, 0) is 24.3 Å². The molecule has 0 unspecified atom stereocenters. The highest BCUT2D eigenvalue weighted by molar-refractivity contribution is 5.97. The van der Waals surface area contributed by atoms with Crippen LogP contribution in [0.3, 0.4) is 0 Å². The smallest absolute Gasteiger partial charge is 0.258 e. The molecule has 3 aromatic rings. The molecule has 30 heavy (non-hydrogen) atoms. The standard InChI is InChI=1S/C21H22N4O5/c1-25(12-18-23-17-7-5-4-6-16(17)21(28)24-18)19(26)11-22-20(27)13-8-14(29-2)10-15(9-13)30-3/h4-10H,11-12H2,1-3H3,(H,22,27)(H,23,24,28). The van der Waals surface area contributed by atoms with E-state index < -0.39 is 5.91 Å². The number of para-hydroxylation sites is 1. The lowest BCUT2D eigenvalue weighted by Crippen LogP contribution is -2.38. The Kier molecular flexibility index (Phi) is 6.31. The quantitative estimate of drug-likeness (QED) is 0.608. The minimum atomic E-state index is -0.439. The van der Waals surface area contributed by atoms with Gasteiger partial charge in [-0.25, -0.2) is 4.98 Å². The zero-order valence-electron chi connectivity index (χ0n) is 16.9. The van der Waals surface area contributed by atoms with Crippen molar-refractivity contribution < 1.29 is 19.1 Å². The third-order valence-electron chi connectivity index (χ3n) is 4.49. The van der Waals surface area contributed by atoms with Gasteiger partial charge in [-0.1, -0.05) is 12.1 Å². The van der Waals surface area contributed by atoms with Crippen LogP contribution in [-0.4, -0.2) is 54.5 Å². The van der Waals surface area contributed by atoms with E-state index in [0.717, 1.165) is 0 Å². The van der Waals surface area contributed by atoms with E-state index in [9.17, 15) is 14.4 Å². The number of hydrogen-bond acceptors (Lipinski definition) is 6. The summed E-state index contributed by atoms with van der Waals surface area (Å²) >= 11 is 0. The minimum Gasteiger partial charge on any atom is -0.497 e.